The molecule has 3 aromatic heterocycles. The van der Waals surface area contributed by atoms with E-state index >= 15 is 0 Å². The number of benzene rings is 3. The molecule has 0 atom stereocenters. The normalized spacial score (nSPS) is 11.8. The maximum absolute atomic E-state index is 2.51. The van der Waals surface area contributed by atoms with Gasteiger partial charge in [-0.15, -0.1) is 0 Å². The highest BCUT2D eigenvalue weighted by Crippen LogP contribution is 2.36. The van der Waals surface area contributed by atoms with Gasteiger partial charge in [0.15, 0.2) is 17.2 Å². The van der Waals surface area contributed by atoms with E-state index < -0.39 is 0 Å². The van der Waals surface area contributed by atoms with E-state index in [1.807, 2.05) is 0 Å². The van der Waals surface area contributed by atoms with E-state index in [-0.39, 0.29) is 0 Å². The van der Waals surface area contributed by atoms with Gasteiger partial charge in [-0.1, -0.05) is 76.2 Å². The highest BCUT2D eigenvalue weighted by molar-refractivity contribution is 5.83. The van der Waals surface area contributed by atoms with Crippen LogP contribution in [0, 0.1) is 0 Å². The summed E-state index contributed by atoms with van der Waals surface area (Å²) in [7, 11) is 6.53. The molecule has 0 saturated carbocycles. The molecule has 0 aliphatic carbocycles. The van der Waals surface area contributed by atoms with Crippen LogP contribution in [0.5, 0.6) is 0 Å². The van der Waals surface area contributed by atoms with Gasteiger partial charge in [0.2, 0.25) is 0 Å². The van der Waals surface area contributed by atoms with Gasteiger partial charge in [-0.25, -0.2) is 4.57 Å². The third-order valence-electron chi connectivity index (χ3n) is 8.30. The van der Waals surface area contributed by atoms with Gasteiger partial charge in [0.05, 0.1) is 7.05 Å². The number of pyridine rings is 2. The second-order valence-corrected chi connectivity index (χ2v) is 11.6. The SMILES string of the molecule is CC(C)c1cccc(C(C)C)c1-n1c(-c2cccc(-c3cc4ccccc4c[n+]3C)[n+]2C)[n+](C)c2ccccc21. The molecule has 0 saturated heterocycles. The standard InChI is InChI=1S/C36H39N4/c1-24(2)28-16-12-17-29(25(3)4)35(28)40-32-19-11-10-18-30(32)39(7)36(40)33-21-13-20-31(38(33)6)34-22-26-14-8-9-15-27(26)23-37(34)5/h8-25H,1-7H3/q+3. The molecule has 3 heterocycles. The lowest BCUT2D eigenvalue weighted by atomic mass is 9.92. The lowest BCUT2D eigenvalue weighted by Gasteiger charge is -2.18. The van der Waals surface area contributed by atoms with Crippen LogP contribution in [0.2, 0.25) is 0 Å². The Morgan fingerprint density at radius 2 is 1.18 bits per heavy atom. The molecule has 0 fully saturated rings. The van der Waals surface area contributed by atoms with Gasteiger partial charge in [0, 0.05) is 34.7 Å². The van der Waals surface area contributed by atoms with Gasteiger partial charge in [0.1, 0.15) is 19.8 Å². The molecule has 0 spiro atoms. The molecule has 4 nitrogen and oxygen atoms in total. The molecule has 6 rings (SSSR count). The smallest absolute Gasteiger partial charge is 0.220 e. The Morgan fingerprint density at radius 1 is 0.575 bits per heavy atom. The molecular formula is C36H39N4+3. The van der Waals surface area contributed by atoms with Crippen molar-refractivity contribution in [2.45, 2.75) is 39.5 Å². The molecular weight excluding hydrogens is 488 g/mol. The van der Waals surface area contributed by atoms with E-state index in [1.165, 1.54) is 55.8 Å². The van der Waals surface area contributed by atoms with Crippen LogP contribution in [0.3, 0.4) is 0 Å². The van der Waals surface area contributed by atoms with Gasteiger partial charge in [-0.3, -0.25) is 0 Å². The van der Waals surface area contributed by atoms with Crippen molar-refractivity contribution in [1.82, 2.24) is 4.57 Å². The van der Waals surface area contributed by atoms with Crippen molar-refractivity contribution in [2.75, 3.05) is 0 Å². The Labute approximate surface area is 237 Å². The topological polar surface area (TPSA) is 16.6 Å². The van der Waals surface area contributed by atoms with Gasteiger partial charge in [0.25, 0.3) is 17.1 Å². The number of hydrogen-bond acceptors (Lipinski definition) is 0. The van der Waals surface area contributed by atoms with Crippen LogP contribution < -0.4 is 13.7 Å². The summed E-state index contributed by atoms with van der Waals surface area (Å²) in [5.41, 5.74) is 9.99. The lowest BCUT2D eigenvalue weighted by Crippen LogP contribution is -2.43. The molecule has 200 valence electrons. The molecule has 4 heteroatoms. The average molecular weight is 528 g/mol. The van der Waals surface area contributed by atoms with Crippen LogP contribution in [0.4, 0.5) is 0 Å². The molecule has 6 aromatic rings. The Bertz CT molecular complexity index is 1870. The Morgan fingerprint density at radius 3 is 1.88 bits per heavy atom. The molecule has 0 bridgehead atoms. The highest BCUT2D eigenvalue weighted by Gasteiger charge is 2.36. The van der Waals surface area contributed by atoms with Gasteiger partial charge >= 0.3 is 5.82 Å². The van der Waals surface area contributed by atoms with E-state index in [9.17, 15) is 0 Å². The summed E-state index contributed by atoms with van der Waals surface area (Å²) >= 11 is 0. The first-order valence-electron chi connectivity index (χ1n) is 14.3. The largest absolute Gasteiger partial charge is 0.360 e. The molecule has 3 aromatic carbocycles. The van der Waals surface area contributed by atoms with Crippen molar-refractivity contribution in [2.24, 2.45) is 21.1 Å². The fourth-order valence-corrected chi connectivity index (χ4v) is 6.21. The third kappa shape index (κ3) is 4.10. The number of imidazole rings is 1. The van der Waals surface area contributed by atoms with E-state index in [0.717, 1.165) is 5.69 Å². The number of hydrogen-bond donors (Lipinski definition) is 0. The predicted molar refractivity (Wildman–Crippen MR) is 163 cm³/mol. The zero-order valence-electron chi connectivity index (χ0n) is 24.7. The zero-order chi connectivity index (χ0) is 28.1. The fourth-order valence-electron chi connectivity index (χ4n) is 6.21. The number of fused-ring (bicyclic) bond motifs is 2. The second kappa shape index (κ2) is 10.0. The van der Waals surface area contributed by atoms with Crippen molar-refractivity contribution in [3.05, 3.63) is 108 Å². The monoisotopic (exact) mass is 527 g/mol. The Hall–Kier alpha value is -4.31. The van der Waals surface area contributed by atoms with Crippen molar-refractivity contribution < 1.29 is 13.7 Å². The minimum atomic E-state index is 0.393. The van der Waals surface area contributed by atoms with Crippen molar-refractivity contribution in [3.8, 4) is 28.6 Å². The molecule has 0 aliphatic heterocycles. The summed E-state index contributed by atoms with van der Waals surface area (Å²) in [6.45, 7) is 9.20. The van der Waals surface area contributed by atoms with Crippen molar-refractivity contribution >= 4 is 21.8 Å². The molecule has 0 aliphatic rings. The second-order valence-electron chi connectivity index (χ2n) is 11.6. The Kier molecular flexibility index (Phi) is 6.50. The van der Waals surface area contributed by atoms with E-state index in [2.05, 4.69) is 164 Å². The van der Waals surface area contributed by atoms with Crippen LogP contribution in [0.1, 0.15) is 50.7 Å². The highest BCUT2D eigenvalue weighted by atomic mass is 15.2. The minimum absolute atomic E-state index is 0.393. The Balaban J connectivity index is 1.70. The summed E-state index contributed by atoms with van der Waals surface area (Å²) in [5.74, 6) is 1.96. The fraction of sp³-hybridized carbons (Fsp3) is 0.250. The summed E-state index contributed by atoms with van der Waals surface area (Å²) in [5, 5.41) is 2.48. The first kappa shape index (κ1) is 25.9. The summed E-state index contributed by atoms with van der Waals surface area (Å²) in [6.07, 6.45) is 2.22. The van der Waals surface area contributed by atoms with Crippen LogP contribution in [0.25, 0.3) is 50.4 Å². The van der Waals surface area contributed by atoms with Crippen LogP contribution in [0.15, 0.2) is 97.2 Å². The molecule has 40 heavy (non-hydrogen) atoms. The van der Waals surface area contributed by atoms with Crippen LogP contribution >= 0.6 is 0 Å². The first-order valence-corrected chi connectivity index (χ1v) is 14.3. The maximum Gasteiger partial charge on any atom is 0.360 e. The van der Waals surface area contributed by atoms with Crippen molar-refractivity contribution in [3.63, 3.8) is 0 Å². The lowest BCUT2D eigenvalue weighted by molar-refractivity contribution is -0.692. The number of aromatic nitrogens is 4. The van der Waals surface area contributed by atoms with E-state index in [1.54, 1.807) is 0 Å². The quantitative estimate of drug-likeness (QED) is 0.218. The average Bonchev–Trinajstić information content (AvgIpc) is 3.24. The number of nitrogens with zero attached hydrogens (tertiary/aromatic N) is 4. The first-order chi connectivity index (χ1) is 19.3. The van der Waals surface area contributed by atoms with Crippen molar-refractivity contribution in [1.29, 1.82) is 0 Å². The number of rotatable bonds is 5. The summed E-state index contributed by atoms with van der Waals surface area (Å²) in [4.78, 5) is 0. The zero-order valence-corrected chi connectivity index (χ0v) is 24.7. The molecule has 0 N–H and O–H groups in total. The minimum Gasteiger partial charge on any atom is -0.220 e. The third-order valence-corrected chi connectivity index (χ3v) is 8.30. The number of aryl methyl sites for hydroxylation is 2. The molecule has 0 radical (unpaired) electrons. The van der Waals surface area contributed by atoms with Gasteiger partial charge in [-0.05, 0) is 41.5 Å². The molecule has 0 amide bonds. The molecule has 0 unspecified atom stereocenters. The van der Waals surface area contributed by atoms with E-state index in [4.69, 9.17) is 0 Å². The predicted octanol–water partition coefficient (Wildman–Crippen LogP) is 6.84. The van der Waals surface area contributed by atoms with E-state index in [0.29, 0.717) is 11.8 Å². The number of para-hydroxylation sites is 3. The van der Waals surface area contributed by atoms with Crippen LogP contribution in [-0.4, -0.2) is 4.57 Å². The summed E-state index contributed by atoms with van der Waals surface area (Å²) in [6, 6.07) is 33.2. The van der Waals surface area contributed by atoms with Gasteiger partial charge < -0.3 is 0 Å². The maximum atomic E-state index is 2.51. The van der Waals surface area contributed by atoms with Gasteiger partial charge in [-0.2, -0.15) is 13.7 Å². The van der Waals surface area contributed by atoms with Crippen LogP contribution in [-0.2, 0) is 21.1 Å². The summed E-state index contributed by atoms with van der Waals surface area (Å²) < 4.78 is 9.46.